The van der Waals surface area contributed by atoms with Crippen LogP contribution >= 0.6 is 187 Å². The van der Waals surface area contributed by atoms with Crippen molar-refractivity contribution in [3.63, 3.8) is 0 Å². The Morgan fingerprint density at radius 1 is 0.397 bits per heavy atom. The summed E-state index contributed by atoms with van der Waals surface area (Å²) in [7, 11) is 0. The van der Waals surface area contributed by atoms with Crippen molar-refractivity contribution in [3.05, 3.63) is 177 Å². The van der Waals surface area contributed by atoms with Crippen LogP contribution in [0, 0.1) is 20.8 Å². The first-order valence-electron chi connectivity index (χ1n) is 16.2. The second-order valence-electron chi connectivity index (χ2n) is 11.5. The van der Waals surface area contributed by atoms with Gasteiger partial charge in [-0.25, -0.2) is 0 Å². The van der Waals surface area contributed by atoms with E-state index in [2.05, 4.69) is 0 Å². The third-order valence-corrected chi connectivity index (χ3v) is 9.53. The molecule has 0 unspecified atom stereocenters. The second-order valence-corrected chi connectivity index (χ2v) is 33.9. The SMILES string of the molecule is Cc1ccc(C(Cl)Cl)cc1.Cc1ccc(C(Cl)Cl)cc1.Cc1ccc(C=O)cc1.ClC(Cl)c1ccc(C(Cl)Cl)cc1.ClCc1ccc(C(Cl)Cl)cc1.ClP(Cl)(Cl)(Cl)Cl. The number of benzene rings is 5. The van der Waals surface area contributed by atoms with Gasteiger partial charge >= 0.3 is 59.6 Å². The van der Waals surface area contributed by atoms with Gasteiger partial charge < -0.3 is 0 Å². The van der Waals surface area contributed by atoms with Crippen LogP contribution in [0.4, 0.5) is 0 Å². The van der Waals surface area contributed by atoms with Crippen molar-refractivity contribution in [2.75, 3.05) is 0 Å². The number of aldehydes is 1. The van der Waals surface area contributed by atoms with Crippen molar-refractivity contribution in [3.8, 4) is 0 Å². The molecule has 5 rings (SSSR count). The standard InChI is InChI=1S/C8H6Cl4.C8H7Cl3.2C8H8Cl2.C8H8O.Cl5P/c9-7(10)5-1-2-6(4-3-5)8(11)12;9-5-6-1-3-7(4-2-6)8(10)11;2*1-6-2-4-7(5-3-6)8(9)10;1-7-2-4-8(6-9)5-3-7;1-6(2,3,4)5/h1-4,7-8H;1-4,8H,5H2;2*2-5,8H,1H3;2-6H,1H3;. The second kappa shape index (κ2) is 30.8. The van der Waals surface area contributed by atoms with E-state index in [-0.39, 0.29) is 0 Å². The quantitative estimate of drug-likeness (QED) is 0.0902. The van der Waals surface area contributed by atoms with Crippen LogP contribution in [0.15, 0.2) is 121 Å². The Hall–Kier alpha value is 0.840. The van der Waals surface area contributed by atoms with Crippen molar-refractivity contribution in [1.82, 2.24) is 0 Å². The summed E-state index contributed by atoms with van der Waals surface area (Å²) in [4.78, 5) is 7.87. The summed E-state index contributed by atoms with van der Waals surface area (Å²) in [6, 6.07) is 38.0. The third kappa shape index (κ3) is 31.6. The molecule has 18 heteroatoms. The first-order chi connectivity index (χ1) is 26.8. The molecule has 0 aliphatic carbocycles. The van der Waals surface area contributed by atoms with E-state index in [4.69, 9.17) is 184 Å². The van der Waals surface area contributed by atoms with Gasteiger partial charge in [0.1, 0.15) is 30.5 Å². The topological polar surface area (TPSA) is 17.1 Å². The van der Waals surface area contributed by atoms with Crippen LogP contribution in [-0.2, 0) is 5.88 Å². The molecule has 0 aromatic heterocycles. The van der Waals surface area contributed by atoms with E-state index in [1.807, 2.05) is 118 Å². The summed E-state index contributed by atoms with van der Waals surface area (Å²) in [5.74, 6) is 0.523. The molecule has 0 saturated carbocycles. The number of alkyl halides is 11. The predicted molar refractivity (Wildman–Crippen MR) is 270 cm³/mol. The number of hydrogen-bond acceptors (Lipinski definition) is 1. The number of rotatable bonds is 7. The fourth-order valence-corrected chi connectivity index (χ4v) is 5.24. The Bertz CT molecular complexity index is 1730. The zero-order valence-corrected chi connectivity index (χ0v) is 43.6. The van der Waals surface area contributed by atoms with E-state index in [1.165, 1.54) is 16.7 Å². The summed E-state index contributed by atoms with van der Waals surface area (Å²) < 4.78 is -3.69. The average molecular weight is 1130 g/mol. The Kier molecular flexibility index (Phi) is 31.3. The first-order valence-corrected chi connectivity index (χ1v) is 27.9. The molecule has 1 nitrogen and oxygen atoms in total. The Labute approximate surface area is 421 Å². The molecule has 0 bridgehead atoms. The summed E-state index contributed by atoms with van der Waals surface area (Å²) in [5, 5.41) is 0. The minimum atomic E-state index is -3.69. The molecule has 0 aliphatic rings. The molecular weight excluding hydrogens is 1090 g/mol. The third-order valence-electron chi connectivity index (χ3n) is 6.70. The van der Waals surface area contributed by atoms with Crippen LogP contribution in [0.1, 0.15) is 84.6 Å². The van der Waals surface area contributed by atoms with Gasteiger partial charge in [-0.15, -0.1) is 128 Å². The number of aryl methyl sites for hydroxylation is 3. The summed E-state index contributed by atoms with van der Waals surface area (Å²) >= 11 is 86.8. The number of carbonyl (C=O) groups excluding carboxylic acids is 1. The predicted octanol–water partition coefficient (Wildman–Crippen LogP) is 21.6. The normalized spacial score (nSPS) is 11.3. The van der Waals surface area contributed by atoms with Gasteiger partial charge in [-0.05, 0) is 54.2 Å². The number of halogens is 16. The van der Waals surface area contributed by atoms with E-state index in [1.54, 1.807) is 24.3 Å². The molecule has 0 fully saturated rings. The van der Waals surface area contributed by atoms with Crippen LogP contribution in [0.2, 0.25) is 0 Å². The van der Waals surface area contributed by atoms with Gasteiger partial charge in [0.05, 0.1) is 0 Å². The molecule has 0 saturated heterocycles. The summed E-state index contributed by atoms with van der Waals surface area (Å²) in [6.45, 7) is 6.05. The molecule has 0 radical (unpaired) electrons. The Balaban J connectivity index is 0.000000679. The Morgan fingerprint density at radius 3 is 0.776 bits per heavy atom. The van der Waals surface area contributed by atoms with Gasteiger partial charge in [0, 0.05) is 11.4 Å². The van der Waals surface area contributed by atoms with Gasteiger partial charge in [-0.2, -0.15) is 0 Å². The molecule has 5 aromatic carbocycles. The van der Waals surface area contributed by atoms with Gasteiger partial charge in [0.15, 0.2) is 0 Å². The Morgan fingerprint density at radius 2 is 0.586 bits per heavy atom. The molecule has 0 atom stereocenters. The first kappa shape index (κ1) is 58.8. The van der Waals surface area contributed by atoms with E-state index in [0.717, 1.165) is 45.2 Å². The maximum atomic E-state index is 10.1. The fraction of sp³-hybridized carbons (Fsp3) is 0.225. The molecule has 0 aliphatic heterocycles. The average Bonchev–Trinajstić information content (AvgIpc) is 3.15. The molecule has 58 heavy (non-hydrogen) atoms. The van der Waals surface area contributed by atoms with Gasteiger partial charge in [-0.1, -0.05) is 138 Å². The van der Waals surface area contributed by atoms with E-state index >= 15 is 0 Å². The van der Waals surface area contributed by atoms with E-state index in [9.17, 15) is 4.79 Å². The maximum absolute atomic E-state index is 10.1. The number of carbonyl (C=O) groups is 1. The van der Waals surface area contributed by atoms with Crippen LogP contribution < -0.4 is 0 Å². The van der Waals surface area contributed by atoms with E-state index in [0.29, 0.717) is 5.88 Å². The van der Waals surface area contributed by atoms with Crippen molar-refractivity contribution in [2.45, 2.75) is 50.8 Å². The fourth-order valence-electron chi connectivity index (χ4n) is 3.61. The van der Waals surface area contributed by atoms with Crippen LogP contribution in [0.3, 0.4) is 0 Å². The molecule has 0 heterocycles. The monoisotopic (exact) mass is 1120 g/mol. The molecule has 0 spiro atoms. The summed E-state index contributed by atoms with van der Waals surface area (Å²) in [5.41, 5.74) is 9.93. The van der Waals surface area contributed by atoms with Crippen LogP contribution in [-0.4, -0.2) is 6.29 Å². The minimum absolute atomic E-state index is 0.402. The molecule has 5 aromatic rings. The zero-order chi connectivity index (χ0) is 44.7. The van der Waals surface area contributed by atoms with Crippen molar-refractivity contribution in [2.24, 2.45) is 0 Å². The van der Waals surface area contributed by atoms with Crippen LogP contribution in [0.25, 0.3) is 0 Å². The van der Waals surface area contributed by atoms with Gasteiger partial charge in [0.25, 0.3) is 0 Å². The van der Waals surface area contributed by atoms with Crippen molar-refractivity contribution < 1.29 is 4.79 Å². The number of hydrogen-bond donors (Lipinski definition) is 0. The molecular formula is C40H37Cl16OP. The van der Waals surface area contributed by atoms with Crippen LogP contribution in [0.5, 0.6) is 0 Å². The molecule has 320 valence electrons. The van der Waals surface area contributed by atoms with E-state index < -0.39 is 27.5 Å². The molecule has 0 amide bonds. The van der Waals surface area contributed by atoms with Crippen molar-refractivity contribution in [1.29, 1.82) is 0 Å². The van der Waals surface area contributed by atoms with Gasteiger partial charge in [-0.3, -0.25) is 4.79 Å². The molecule has 0 N–H and O–H groups in total. The summed E-state index contributed by atoms with van der Waals surface area (Å²) in [6.07, 6.45) is 0.847. The zero-order valence-electron chi connectivity index (χ0n) is 30.6. The van der Waals surface area contributed by atoms with Crippen molar-refractivity contribution >= 4 is 193 Å². The van der Waals surface area contributed by atoms with Gasteiger partial charge in [0.2, 0.25) is 0 Å².